The van der Waals surface area contributed by atoms with E-state index in [1.54, 1.807) is 12.1 Å². The van der Waals surface area contributed by atoms with E-state index in [2.05, 4.69) is 20.6 Å². The summed E-state index contributed by atoms with van der Waals surface area (Å²) in [7, 11) is 0. The highest BCUT2D eigenvalue weighted by atomic mass is 16.4. The summed E-state index contributed by atoms with van der Waals surface area (Å²) in [6.07, 6.45) is 3.00. The smallest absolute Gasteiger partial charge is 0.317 e. The number of nitrogens with zero attached hydrogens (tertiary/aromatic N) is 5. The van der Waals surface area contributed by atoms with Gasteiger partial charge in [0, 0.05) is 37.0 Å². The van der Waals surface area contributed by atoms with E-state index in [1.165, 1.54) is 27.1 Å². The Bertz CT molecular complexity index is 1630. The van der Waals surface area contributed by atoms with Crippen LogP contribution in [0.25, 0.3) is 21.8 Å². The van der Waals surface area contributed by atoms with Gasteiger partial charge in [0.1, 0.15) is 0 Å². The van der Waals surface area contributed by atoms with Gasteiger partial charge in [-0.05, 0) is 24.3 Å². The molecule has 2 aromatic carbocycles. The van der Waals surface area contributed by atoms with E-state index in [9.17, 15) is 39.3 Å². The van der Waals surface area contributed by atoms with Gasteiger partial charge in [-0.25, -0.2) is 0 Å². The van der Waals surface area contributed by atoms with Crippen molar-refractivity contribution in [1.82, 2.24) is 24.7 Å². The first-order chi connectivity index (χ1) is 22.5. The zero-order valence-electron chi connectivity index (χ0n) is 25.4. The van der Waals surface area contributed by atoms with Crippen molar-refractivity contribution in [1.29, 1.82) is 0 Å². The van der Waals surface area contributed by atoms with Crippen LogP contribution in [0.1, 0.15) is 0 Å². The molecule has 15 nitrogen and oxygen atoms in total. The minimum atomic E-state index is -1.17. The second-order valence-corrected chi connectivity index (χ2v) is 10.8. The first-order valence-corrected chi connectivity index (χ1v) is 14.7. The number of nitrogens with one attached hydrogen (secondary N) is 2. The summed E-state index contributed by atoms with van der Waals surface area (Å²) < 4.78 is 0. The first-order valence-electron chi connectivity index (χ1n) is 14.7. The number of benzene rings is 2. The average Bonchev–Trinajstić information content (AvgIpc) is 3.01. The monoisotopic (exact) mass is 645 g/mol. The number of aliphatic carboxylic acids is 3. The lowest BCUT2D eigenvalue weighted by molar-refractivity contribution is -0.140. The van der Waals surface area contributed by atoms with Crippen molar-refractivity contribution in [3.8, 4) is 0 Å². The highest BCUT2D eigenvalue weighted by Gasteiger charge is 2.20. The maximum Gasteiger partial charge on any atom is 0.317 e. The van der Waals surface area contributed by atoms with Crippen LogP contribution >= 0.6 is 0 Å². The minimum absolute atomic E-state index is 0.0251. The normalized spacial score (nSPS) is 11.3. The predicted molar refractivity (Wildman–Crippen MR) is 173 cm³/mol. The predicted octanol–water partition coefficient (Wildman–Crippen LogP) is 1.52. The van der Waals surface area contributed by atoms with E-state index >= 15 is 0 Å². The Balaban J connectivity index is 1.34. The lowest BCUT2D eigenvalue weighted by Crippen LogP contribution is -2.46. The van der Waals surface area contributed by atoms with E-state index in [4.69, 9.17) is 0 Å². The SMILES string of the molecule is O=C(O)CN(CCN(CC(=O)O)CC(=O)Nc1cnc2ccccc2c1)CCN(CC(=O)O)CC(=O)Nc1cnc2ccccc2c1. The summed E-state index contributed by atoms with van der Waals surface area (Å²) in [5.41, 5.74) is 2.38. The molecule has 0 unspecified atom stereocenters. The van der Waals surface area contributed by atoms with Crippen LogP contribution < -0.4 is 10.6 Å². The third-order valence-electron chi connectivity index (χ3n) is 7.02. The van der Waals surface area contributed by atoms with Gasteiger partial charge in [0.25, 0.3) is 0 Å². The topological polar surface area (TPSA) is 206 Å². The number of hydrogen-bond acceptors (Lipinski definition) is 10. The summed E-state index contributed by atoms with van der Waals surface area (Å²) >= 11 is 0. The average molecular weight is 646 g/mol. The number of carboxylic acids is 3. The summed E-state index contributed by atoms with van der Waals surface area (Å²) in [6.45, 7) is -1.77. The van der Waals surface area contributed by atoms with Gasteiger partial charge in [0.05, 0.1) is 67.5 Å². The van der Waals surface area contributed by atoms with Gasteiger partial charge in [0.15, 0.2) is 0 Å². The van der Waals surface area contributed by atoms with Gasteiger partial charge in [-0.1, -0.05) is 36.4 Å². The number of amides is 2. The second-order valence-electron chi connectivity index (χ2n) is 10.8. The molecule has 0 fully saturated rings. The molecule has 4 aromatic rings. The van der Waals surface area contributed by atoms with Gasteiger partial charge in [-0.15, -0.1) is 0 Å². The number of pyridine rings is 2. The molecule has 0 aliphatic heterocycles. The summed E-state index contributed by atoms with van der Waals surface area (Å²) in [5, 5.41) is 35.4. The van der Waals surface area contributed by atoms with Gasteiger partial charge < -0.3 is 26.0 Å². The van der Waals surface area contributed by atoms with Gasteiger partial charge >= 0.3 is 17.9 Å². The molecule has 0 spiro atoms. The Morgan fingerprint density at radius 1 is 0.532 bits per heavy atom. The van der Waals surface area contributed by atoms with Crippen molar-refractivity contribution in [3.05, 3.63) is 73.1 Å². The summed E-state index contributed by atoms with van der Waals surface area (Å²) in [6, 6.07) is 18.2. The third kappa shape index (κ3) is 11.4. The number of para-hydroxylation sites is 2. The fourth-order valence-electron chi connectivity index (χ4n) is 4.92. The number of hydrogen-bond donors (Lipinski definition) is 5. The number of carbonyl (C=O) groups is 5. The Kier molecular flexibility index (Phi) is 12.2. The van der Waals surface area contributed by atoms with Crippen LogP contribution in [0.2, 0.25) is 0 Å². The highest BCUT2D eigenvalue weighted by molar-refractivity contribution is 5.95. The Morgan fingerprint density at radius 3 is 1.30 bits per heavy atom. The molecular weight excluding hydrogens is 610 g/mol. The molecule has 2 aromatic heterocycles. The molecule has 0 bridgehead atoms. The zero-order chi connectivity index (χ0) is 33.8. The van der Waals surface area contributed by atoms with Crippen LogP contribution in [0.5, 0.6) is 0 Å². The first kappa shape index (κ1) is 34.4. The van der Waals surface area contributed by atoms with E-state index in [0.29, 0.717) is 11.4 Å². The zero-order valence-corrected chi connectivity index (χ0v) is 25.4. The molecule has 0 saturated heterocycles. The molecule has 5 N–H and O–H groups in total. The molecule has 15 heteroatoms. The fraction of sp³-hybridized carbons (Fsp3) is 0.281. The van der Waals surface area contributed by atoms with Crippen LogP contribution in [0.15, 0.2) is 73.1 Å². The van der Waals surface area contributed by atoms with Crippen molar-refractivity contribution >= 4 is 62.9 Å². The quantitative estimate of drug-likeness (QED) is 0.104. The molecule has 0 aliphatic rings. The number of fused-ring (bicyclic) bond motifs is 2. The number of carbonyl (C=O) groups excluding carboxylic acids is 2. The lowest BCUT2D eigenvalue weighted by atomic mass is 10.2. The van der Waals surface area contributed by atoms with E-state index in [0.717, 1.165) is 21.8 Å². The van der Waals surface area contributed by atoms with E-state index < -0.39 is 49.4 Å². The number of anilines is 2. The fourth-order valence-corrected chi connectivity index (χ4v) is 4.92. The van der Waals surface area contributed by atoms with Crippen LogP contribution in [0.4, 0.5) is 11.4 Å². The van der Waals surface area contributed by atoms with Crippen LogP contribution in [-0.4, -0.2) is 129 Å². The van der Waals surface area contributed by atoms with Crippen molar-refractivity contribution < 1.29 is 39.3 Å². The van der Waals surface area contributed by atoms with Crippen molar-refractivity contribution in [3.63, 3.8) is 0 Å². The molecule has 2 amide bonds. The summed E-state index contributed by atoms with van der Waals surface area (Å²) in [4.78, 5) is 73.1. The maximum absolute atomic E-state index is 12.8. The Hall–Kier alpha value is -5.51. The molecule has 0 atom stereocenters. The molecule has 246 valence electrons. The summed E-state index contributed by atoms with van der Waals surface area (Å²) in [5.74, 6) is -4.45. The number of carboxylic acid groups (broad SMARTS) is 3. The van der Waals surface area contributed by atoms with Gasteiger partial charge in [0.2, 0.25) is 11.8 Å². The highest BCUT2D eigenvalue weighted by Crippen LogP contribution is 2.17. The Morgan fingerprint density at radius 2 is 0.894 bits per heavy atom. The Labute approximate surface area is 269 Å². The molecule has 4 rings (SSSR count). The molecule has 0 saturated carbocycles. The molecule has 2 heterocycles. The largest absolute Gasteiger partial charge is 0.480 e. The lowest BCUT2D eigenvalue weighted by Gasteiger charge is -2.28. The van der Waals surface area contributed by atoms with Crippen molar-refractivity contribution in [2.45, 2.75) is 0 Å². The minimum Gasteiger partial charge on any atom is -0.480 e. The maximum atomic E-state index is 12.8. The molecule has 0 radical (unpaired) electrons. The second kappa shape index (κ2) is 16.7. The van der Waals surface area contributed by atoms with Crippen LogP contribution in [0.3, 0.4) is 0 Å². The van der Waals surface area contributed by atoms with Crippen LogP contribution in [-0.2, 0) is 24.0 Å². The van der Waals surface area contributed by atoms with E-state index in [1.807, 2.05) is 48.5 Å². The van der Waals surface area contributed by atoms with Gasteiger partial charge in [-0.2, -0.15) is 0 Å². The molecule has 47 heavy (non-hydrogen) atoms. The standard InChI is InChI=1S/C32H35N7O8/c40-28(35-24-13-22-5-1-3-7-26(22)33-15-24)17-38(20-31(44)45)11-9-37(19-30(42)43)10-12-39(21-32(46)47)18-29(41)36-25-14-23-6-2-4-8-27(23)34-16-25/h1-8,13-16H,9-12,17-21H2,(H,35,40)(H,36,41)(H,42,43)(H,44,45)(H,46,47). The molecule has 0 aliphatic carbocycles. The van der Waals surface area contributed by atoms with Gasteiger partial charge in [-0.3, -0.25) is 48.6 Å². The van der Waals surface area contributed by atoms with Crippen molar-refractivity contribution in [2.24, 2.45) is 0 Å². The molecular formula is C32H35N7O8. The number of aromatic nitrogens is 2. The third-order valence-corrected chi connectivity index (χ3v) is 7.02. The van der Waals surface area contributed by atoms with Crippen molar-refractivity contribution in [2.75, 3.05) is 69.5 Å². The van der Waals surface area contributed by atoms with Crippen LogP contribution in [0, 0.1) is 0 Å². The van der Waals surface area contributed by atoms with E-state index in [-0.39, 0.29) is 39.3 Å². The number of rotatable bonds is 18.